The Hall–Kier alpha value is -2.42. The van der Waals surface area contributed by atoms with E-state index < -0.39 is 10.1 Å². The van der Waals surface area contributed by atoms with Gasteiger partial charge in [0.2, 0.25) is 0 Å². The number of carbonyl (C=O) groups is 1. The van der Waals surface area contributed by atoms with Crippen LogP contribution in [0.5, 0.6) is 0 Å². The molecule has 0 atom stereocenters. The summed E-state index contributed by atoms with van der Waals surface area (Å²) in [6.07, 6.45) is 22.6. The van der Waals surface area contributed by atoms with Gasteiger partial charge in [-0.25, -0.2) is 0 Å². The van der Waals surface area contributed by atoms with Crippen molar-refractivity contribution in [1.29, 1.82) is 0 Å². The number of quaternary nitrogens is 1. The van der Waals surface area contributed by atoms with Crippen LogP contribution in [0.3, 0.4) is 0 Å². The number of benzene rings is 2. The van der Waals surface area contributed by atoms with Gasteiger partial charge in [0.15, 0.2) is 0 Å². The van der Waals surface area contributed by atoms with Gasteiger partial charge in [-0.1, -0.05) is 127 Å². The number of unbranched alkanes of at least 4 members (excludes halogenated alkanes) is 15. The molecule has 0 aliphatic rings. The molecule has 0 unspecified atom stereocenters. The number of carbonyl (C=O) groups excluding carboxylic acids is 1. The van der Waals surface area contributed by atoms with E-state index in [1.165, 1.54) is 121 Å². The van der Waals surface area contributed by atoms with E-state index in [1.54, 1.807) is 12.1 Å². The number of hydrogen-bond donors (Lipinski definition) is 2. The molecular weight excluding hydrogens is 595 g/mol. The van der Waals surface area contributed by atoms with E-state index >= 15 is 0 Å². The van der Waals surface area contributed by atoms with Crippen molar-refractivity contribution in [2.45, 2.75) is 121 Å². The number of anilines is 1. The monoisotopic (exact) mass is 660 g/mol. The van der Waals surface area contributed by atoms with Crippen LogP contribution in [0.15, 0.2) is 53.4 Å². The van der Waals surface area contributed by atoms with Crippen LogP contribution < -0.4 is 10.2 Å². The number of nitrogens with one attached hydrogen (secondary N) is 1. The molecule has 2 N–H and O–H groups in total. The normalized spacial score (nSPS) is 11.5. The van der Waals surface area contributed by atoms with Gasteiger partial charge in [0.25, 0.3) is 16.0 Å². The second-order valence-electron chi connectivity index (χ2n) is 13.6. The Morgan fingerprint density at radius 3 is 1.63 bits per heavy atom. The molecule has 2 aromatic carbocycles. The van der Waals surface area contributed by atoms with Gasteiger partial charge in [-0.2, -0.15) is 8.42 Å². The first-order chi connectivity index (χ1) is 21.9. The maximum atomic E-state index is 12.6. The van der Waals surface area contributed by atoms with Crippen LogP contribution in [0.1, 0.15) is 126 Å². The van der Waals surface area contributed by atoms with Crippen LogP contribution in [0.4, 0.5) is 5.69 Å². The molecular formula is C38H66N3O4S+. The molecule has 2 rings (SSSR count). The first-order valence-corrected chi connectivity index (χ1v) is 19.2. The highest BCUT2D eigenvalue weighted by Gasteiger charge is 2.17. The topological polar surface area (TPSA) is 86.7 Å². The van der Waals surface area contributed by atoms with Crippen LogP contribution >= 0.6 is 0 Å². The summed E-state index contributed by atoms with van der Waals surface area (Å²) in [6, 6.07) is 13.8. The highest BCUT2D eigenvalue weighted by molar-refractivity contribution is 7.85. The summed E-state index contributed by atoms with van der Waals surface area (Å²) < 4.78 is 30.5. The minimum Gasteiger partial charge on any atom is -0.377 e. The zero-order chi connectivity index (χ0) is 34.3. The molecule has 0 saturated carbocycles. The SMILES string of the molecule is CCCCCCCCCCCCCCCCCC[N+](C)(C)CCNC(=O)c1ccccc1N(C)C.Cc1ccc(S(=O)(=O)O)cc1. The maximum Gasteiger partial charge on any atom is 0.294 e. The third-order valence-corrected chi connectivity index (χ3v) is 9.44. The van der Waals surface area contributed by atoms with Crippen molar-refractivity contribution in [3.63, 3.8) is 0 Å². The molecule has 7 nitrogen and oxygen atoms in total. The summed E-state index contributed by atoms with van der Waals surface area (Å²) in [5.41, 5.74) is 2.67. The minimum atomic E-state index is -4.02. The van der Waals surface area contributed by atoms with E-state index in [0.29, 0.717) is 6.54 Å². The number of para-hydroxylation sites is 1. The average molecular weight is 661 g/mol. The summed E-state index contributed by atoms with van der Waals surface area (Å²) in [5.74, 6) is 0.0247. The van der Waals surface area contributed by atoms with Gasteiger partial charge in [0.05, 0.1) is 44.2 Å². The van der Waals surface area contributed by atoms with Crippen molar-refractivity contribution in [2.24, 2.45) is 0 Å². The predicted octanol–water partition coefficient (Wildman–Crippen LogP) is 9.06. The average Bonchev–Trinajstić information content (AvgIpc) is 3.00. The second-order valence-corrected chi connectivity index (χ2v) is 15.1. The first-order valence-electron chi connectivity index (χ1n) is 17.8. The molecule has 0 radical (unpaired) electrons. The Labute approximate surface area is 282 Å². The summed E-state index contributed by atoms with van der Waals surface area (Å²) in [4.78, 5) is 14.6. The third kappa shape index (κ3) is 20.0. The van der Waals surface area contributed by atoms with E-state index in [-0.39, 0.29) is 10.8 Å². The largest absolute Gasteiger partial charge is 0.377 e. The Morgan fingerprint density at radius 2 is 1.17 bits per heavy atom. The molecule has 0 fully saturated rings. The van der Waals surface area contributed by atoms with Crippen molar-refractivity contribution < 1.29 is 22.2 Å². The molecule has 8 heteroatoms. The molecule has 1 amide bonds. The highest BCUT2D eigenvalue weighted by atomic mass is 32.2. The molecule has 0 aromatic heterocycles. The summed E-state index contributed by atoms with van der Waals surface area (Å²) in [5, 5.41) is 3.13. The third-order valence-electron chi connectivity index (χ3n) is 8.57. The predicted molar refractivity (Wildman–Crippen MR) is 195 cm³/mol. The lowest BCUT2D eigenvalue weighted by Crippen LogP contribution is -2.46. The van der Waals surface area contributed by atoms with Gasteiger partial charge >= 0.3 is 0 Å². The van der Waals surface area contributed by atoms with E-state index in [4.69, 9.17) is 4.55 Å². The summed E-state index contributed by atoms with van der Waals surface area (Å²) in [6.45, 7) is 7.00. The van der Waals surface area contributed by atoms with Crippen LogP contribution in [0.25, 0.3) is 0 Å². The Morgan fingerprint density at radius 1 is 0.717 bits per heavy atom. The van der Waals surface area contributed by atoms with Crippen LogP contribution in [-0.2, 0) is 10.1 Å². The van der Waals surface area contributed by atoms with Gasteiger partial charge in [-0.15, -0.1) is 0 Å². The molecule has 0 aliphatic heterocycles. The zero-order valence-corrected chi connectivity index (χ0v) is 30.8. The Kier molecular flexibility index (Phi) is 21.6. The molecule has 0 bridgehead atoms. The number of rotatable bonds is 23. The van der Waals surface area contributed by atoms with E-state index in [9.17, 15) is 13.2 Å². The fourth-order valence-electron chi connectivity index (χ4n) is 5.53. The lowest BCUT2D eigenvalue weighted by Gasteiger charge is -2.30. The van der Waals surface area contributed by atoms with Gasteiger partial charge < -0.3 is 14.7 Å². The van der Waals surface area contributed by atoms with Gasteiger partial charge in [-0.3, -0.25) is 9.35 Å². The van der Waals surface area contributed by atoms with Gasteiger partial charge in [0.1, 0.15) is 0 Å². The van der Waals surface area contributed by atoms with E-state index in [2.05, 4.69) is 26.3 Å². The lowest BCUT2D eigenvalue weighted by atomic mass is 10.0. The number of nitrogens with zero attached hydrogens (tertiary/aromatic N) is 2. The van der Waals surface area contributed by atoms with Crippen LogP contribution in [0.2, 0.25) is 0 Å². The fraction of sp³-hybridized carbons (Fsp3) is 0.658. The first kappa shape index (κ1) is 41.6. The molecule has 0 aliphatic carbocycles. The van der Waals surface area contributed by atoms with Gasteiger partial charge in [-0.05, 0) is 44.0 Å². The van der Waals surface area contributed by atoms with Crippen molar-refractivity contribution >= 4 is 21.7 Å². The maximum absolute atomic E-state index is 12.6. The standard InChI is InChI=1S/C31H57N3O.C7H8O3S/c1-6-7-8-9-10-11-12-13-14-15-16-17-18-19-20-23-27-34(4,5)28-26-32-31(35)29-24-21-22-25-30(29)33(2)3;1-6-2-4-7(5-3-6)11(8,9)10/h21-22,24-25H,6-20,23,26-28H2,1-5H3;2-5H,1H3,(H,8,9,10)/p+1. The Balaban J connectivity index is 0.000000804. The van der Waals surface area contributed by atoms with Crippen molar-refractivity contribution in [2.75, 3.05) is 52.7 Å². The zero-order valence-electron chi connectivity index (χ0n) is 30.0. The molecule has 0 spiro atoms. The lowest BCUT2D eigenvalue weighted by molar-refractivity contribution is -0.889. The van der Waals surface area contributed by atoms with E-state index in [1.807, 2.05) is 50.2 Å². The number of likely N-dealkylation sites (N-methyl/N-ethyl adjacent to an activating group) is 1. The van der Waals surface area contributed by atoms with Crippen LogP contribution in [0, 0.1) is 6.92 Å². The fourth-order valence-corrected chi connectivity index (χ4v) is 6.01. The van der Waals surface area contributed by atoms with E-state index in [0.717, 1.165) is 27.8 Å². The minimum absolute atomic E-state index is 0.0247. The van der Waals surface area contributed by atoms with Crippen molar-refractivity contribution in [1.82, 2.24) is 5.32 Å². The molecule has 46 heavy (non-hydrogen) atoms. The quantitative estimate of drug-likeness (QED) is 0.0706. The van der Waals surface area contributed by atoms with Crippen molar-refractivity contribution in [3.8, 4) is 0 Å². The molecule has 2 aromatic rings. The number of hydrogen-bond acceptors (Lipinski definition) is 4. The number of aryl methyl sites for hydroxylation is 1. The highest BCUT2D eigenvalue weighted by Crippen LogP contribution is 2.18. The Bertz CT molecular complexity index is 1180. The summed E-state index contributed by atoms with van der Waals surface area (Å²) in [7, 11) is 4.50. The van der Waals surface area contributed by atoms with Gasteiger partial charge in [0, 0.05) is 19.8 Å². The molecule has 0 saturated heterocycles. The van der Waals surface area contributed by atoms with Crippen LogP contribution in [-0.4, -0.2) is 71.2 Å². The second kappa shape index (κ2) is 23.8. The molecule has 0 heterocycles. The smallest absolute Gasteiger partial charge is 0.294 e. The number of amides is 1. The molecule has 262 valence electrons. The van der Waals surface area contributed by atoms with Crippen molar-refractivity contribution in [3.05, 3.63) is 59.7 Å². The summed E-state index contributed by atoms with van der Waals surface area (Å²) >= 11 is 0.